The van der Waals surface area contributed by atoms with Crippen molar-refractivity contribution in [3.8, 4) is 5.75 Å². The number of phenolic OH excluding ortho intramolecular Hbond substituents is 1. The average molecular weight is 397 g/mol. The summed E-state index contributed by atoms with van der Waals surface area (Å²) < 4.78 is 1.59. The lowest BCUT2D eigenvalue weighted by atomic mass is 10.3. The van der Waals surface area contributed by atoms with Crippen molar-refractivity contribution in [3.63, 3.8) is 0 Å². The second-order valence-corrected chi connectivity index (χ2v) is 4.16. The third-order valence-corrected chi connectivity index (χ3v) is 2.68. The van der Waals surface area contributed by atoms with Gasteiger partial charge in [-0.15, -0.1) is 12.4 Å². The summed E-state index contributed by atoms with van der Waals surface area (Å²) in [4.78, 5) is 0. The first-order chi connectivity index (χ1) is 4.61. The van der Waals surface area contributed by atoms with Crippen molar-refractivity contribution in [2.24, 2.45) is 0 Å². The van der Waals surface area contributed by atoms with Crippen LogP contribution in [-0.4, -0.2) is 5.11 Å². The van der Waals surface area contributed by atoms with Crippen LogP contribution in [0.25, 0.3) is 0 Å². The summed E-state index contributed by atoms with van der Waals surface area (Å²) in [6, 6.07) is 3.47. The van der Waals surface area contributed by atoms with Crippen LogP contribution in [0.2, 0.25) is 0 Å². The number of nitrogens with two attached hydrogens (primary N) is 1. The fourth-order valence-electron chi connectivity index (χ4n) is 0.585. The number of aromatic hydroxyl groups is 1. The molecule has 2 nitrogen and oxygen atoms in total. The van der Waals surface area contributed by atoms with Crippen molar-refractivity contribution in [1.82, 2.24) is 0 Å². The van der Waals surface area contributed by atoms with Crippen molar-refractivity contribution >= 4 is 63.3 Å². The highest BCUT2D eigenvalue weighted by Gasteiger charge is 2.02. The molecule has 62 valence electrons. The molecule has 5 heteroatoms. The third kappa shape index (κ3) is 2.83. The van der Waals surface area contributed by atoms with Crippen LogP contribution in [0.15, 0.2) is 12.1 Å². The van der Waals surface area contributed by atoms with E-state index in [1.165, 1.54) is 0 Å². The van der Waals surface area contributed by atoms with Gasteiger partial charge in [-0.1, -0.05) is 0 Å². The summed E-state index contributed by atoms with van der Waals surface area (Å²) in [5.41, 5.74) is 6.19. The van der Waals surface area contributed by atoms with E-state index < -0.39 is 0 Å². The molecule has 0 saturated heterocycles. The quantitative estimate of drug-likeness (QED) is 0.402. The fraction of sp³-hybridized carbons (Fsp3) is 0. The van der Waals surface area contributed by atoms with Gasteiger partial charge in [-0.2, -0.15) is 0 Å². The van der Waals surface area contributed by atoms with Gasteiger partial charge in [-0.05, 0) is 57.3 Å². The molecular formula is C6H6ClI2NO. The summed E-state index contributed by atoms with van der Waals surface area (Å²) in [5, 5.41) is 9.26. The van der Waals surface area contributed by atoms with Gasteiger partial charge in [0.25, 0.3) is 0 Å². The summed E-state index contributed by atoms with van der Waals surface area (Å²) in [7, 11) is 0. The first-order valence-electron chi connectivity index (χ1n) is 2.54. The Balaban J connectivity index is 0.000001000. The lowest BCUT2D eigenvalue weighted by Gasteiger charge is -2.00. The number of nitrogen functional groups attached to an aromatic ring is 1. The van der Waals surface area contributed by atoms with E-state index in [0.29, 0.717) is 11.4 Å². The number of benzene rings is 1. The minimum absolute atomic E-state index is 0. The Morgan fingerprint density at radius 1 is 1.18 bits per heavy atom. The lowest BCUT2D eigenvalue weighted by Crippen LogP contribution is -1.87. The molecule has 0 amide bonds. The zero-order valence-electron chi connectivity index (χ0n) is 5.34. The average Bonchev–Trinajstić information content (AvgIpc) is 1.82. The molecule has 0 bridgehead atoms. The molecule has 0 heterocycles. The highest BCUT2D eigenvalue weighted by Crippen LogP contribution is 2.27. The molecule has 0 atom stereocenters. The molecule has 0 aliphatic rings. The third-order valence-electron chi connectivity index (χ3n) is 1.04. The smallest absolute Gasteiger partial charge is 0.142 e. The number of halogens is 3. The molecule has 0 fully saturated rings. The maximum Gasteiger partial charge on any atom is 0.142 e. The normalized spacial score (nSPS) is 8.91. The summed E-state index contributed by atoms with van der Waals surface area (Å²) in [6.45, 7) is 0. The number of rotatable bonds is 0. The van der Waals surface area contributed by atoms with Gasteiger partial charge in [0.05, 0.1) is 7.14 Å². The largest absolute Gasteiger partial charge is 0.506 e. The van der Waals surface area contributed by atoms with E-state index in [4.69, 9.17) is 5.73 Å². The van der Waals surface area contributed by atoms with Crippen molar-refractivity contribution in [3.05, 3.63) is 19.3 Å². The standard InChI is InChI=1S/C6H5I2NO.ClH/c7-4-1-3(9)2-5(8)6(4)10;/h1-2,10H,9H2;1H. The van der Waals surface area contributed by atoms with E-state index in [0.717, 1.165) is 7.14 Å². The van der Waals surface area contributed by atoms with Gasteiger partial charge in [0, 0.05) is 5.69 Å². The van der Waals surface area contributed by atoms with Crippen LogP contribution in [0.3, 0.4) is 0 Å². The zero-order valence-corrected chi connectivity index (χ0v) is 10.5. The SMILES string of the molecule is Cl.Nc1cc(I)c(O)c(I)c1. The van der Waals surface area contributed by atoms with Gasteiger partial charge in [0.1, 0.15) is 5.75 Å². The Morgan fingerprint density at radius 2 is 1.55 bits per heavy atom. The van der Waals surface area contributed by atoms with Gasteiger partial charge in [-0.3, -0.25) is 0 Å². The summed E-state index contributed by atoms with van der Waals surface area (Å²) in [6.07, 6.45) is 0. The van der Waals surface area contributed by atoms with Gasteiger partial charge < -0.3 is 10.8 Å². The van der Waals surface area contributed by atoms with Crippen molar-refractivity contribution in [1.29, 1.82) is 0 Å². The molecule has 0 spiro atoms. The minimum Gasteiger partial charge on any atom is -0.506 e. The minimum atomic E-state index is 0. The van der Waals surface area contributed by atoms with Crippen LogP contribution in [-0.2, 0) is 0 Å². The zero-order chi connectivity index (χ0) is 7.72. The highest BCUT2D eigenvalue weighted by molar-refractivity contribution is 14.1. The number of hydrogen-bond acceptors (Lipinski definition) is 2. The molecule has 0 aromatic heterocycles. The number of hydrogen-bond donors (Lipinski definition) is 2. The second-order valence-electron chi connectivity index (χ2n) is 1.83. The Labute approximate surface area is 98.2 Å². The van der Waals surface area contributed by atoms with Crippen molar-refractivity contribution < 1.29 is 5.11 Å². The molecule has 1 aromatic carbocycles. The first kappa shape index (κ1) is 11.6. The molecule has 1 rings (SSSR count). The monoisotopic (exact) mass is 397 g/mol. The predicted molar refractivity (Wildman–Crippen MR) is 65.2 cm³/mol. The molecule has 0 aliphatic carbocycles. The Morgan fingerprint density at radius 3 is 1.91 bits per heavy atom. The maximum atomic E-state index is 9.26. The van der Waals surface area contributed by atoms with Crippen LogP contribution < -0.4 is 5.73 Å². The van der Waals surface area contributed by atoms with E-state index in [1.807, 2.05) is 45.2 Å². The van der Waals surface area contributed by atoms with Crippen molar-refractivity contribution in [2.45, 2.75) is 0 Å². The molecular weight excluding hydrogens is 391 g/mol. The van der Waals surface area contributed by atoms with Gasteiger partial charge in [0.2, 0.25) is 0 Å². The van der Waals surface area contributed by atoms with E-state index in [9.17, 15) is 5.11 Å². The number of anilines is 1. The second kappa shape index (κ2) is 4.56. The van der Waals surface area contributed by atoms with E-state index in [2.05, 4.69) is 0 Å². The van der Waals surface area contributed by atoms with Crippen molar-refractivity contribution in [2.75, 3.05) is 5.73 Å². The molecule has 0 aliphatic heterocycles. The summed E-state index contributed by atoms with van der Waals surface area (Å²) in [5.74, 6) is 0.315. The van der Waals surface area contributed by atoms with Gasteiger partial charge >= 0.3 is 0 Å². The number of phenols is 1. The Kier molecular flexibility index (Phi) is 4.80. The topological polar surface area (TPSA) is 46.2 Å². The van der Waals surface area contributed by atoms with Crippen LogP contribution in [0.1, 0.15) is 0 Å². The molecule has 1 aromatic rings. The van der Waals surface area contributed by atoms with Gasteiger partial charge in [-0.25, -0.2) is 0 Å². The molecule has 11 heavy (non-hydrogen) atoms. The first-order valence-corrected chi connectivity index (χ1v) is 4.70. The Hall–Kier alpha value is 0.570. The molecule has 0 radical (unpaired) electrons. The summed E-state index contributed by atoms with van der Waals surface area (Å²) >= 11 is 4.08. The van der Waals surface area contributed by atoms with Crippen LogP contribution >= 0.6 is 57.6 Å². The lowest BCUT2D eigenvalue weighted by molar-refractivity contribution is 0.468. The maximum absolute atomic E-state index is 9.26. The van der Waals surface area contributed by atoms with Gasteiger partial charge in [0.15, 0.2) is 0 Å². The van der Waals surface area contributed by atoms with E-state index >= 15 is 0 Å². The van der Waals surface area contributed by atoms with Crippen LogP contribution in [0.4, 0.5) is 5.69 Å². The molecule has 3 N–H and O–H groups in total. The highest BCUT2D eigenvalue weighted by atomic mass is 127. The molecule has 0 unspecified atom stereocenters. The van der Waals surface area contributed by atoms with Crippen LogP contribution in [0, 0.1) is 7.14 Å². The van der Waals surface area contributed by atoms with Crippen LogP contribution in [0.5, 0.6) is 5.75 Å². The van der Waals surface area contributed by atoms with E-state index in [-0.39, 0.29) is 12.4 Å². The Bertz CT molecular complexity index is 244. The fourth-order valence-corrected chi connectivity index (χ4v) is 2.40. The molecule has 0 saturated carbocycles. The van der Waals surface area contributed by atoms with E-state index in [1.54, 1.807) is 12.1 Å². The predicted octanol–water partition coefficient (Wildman–Crippen LogP) is 2.61.